The van der Waals surface area contributed by atoms with Crippen LogP contribution >= 0.6 is 0 Å². The standard InChI is InChI=1S/C15H20O3/c1-15(2,17-3)14(16)10-11-8-9-18-13-7-5-4-6-12(11)13/h4-7,11H,8-10H2,1-3H3. The molecule has 0 aliphatic carbocycles. The number of ether oxygens (including phenoxy) is 2. The molecule has 3 heteroatoms. The molecule has 98 valence electrons. The molecule has 1 aliphatic rings. The molecule has 0 saturated carbocycles. The van der Waals surface area contributed by atoms with Crippen molar-refractivity contribution < 1.29 is 14.3 Å². The van der Waals surface area contributed by atoms with E-state index in [1.807, 2.05) is 38.1 Å². The fourth-order valence-corrected chi connectivity index (χ4v) is 2.21. The van der Waals surface area contributed by atoms with Gasteiger partial charge >= 0.3 is 0 Å². The van der Waals surface area contributed by atoms with Crippen molar-refractivity contribution in [3.8, 4) is 5.75 Å². The molecule has 3 nitrogen and oxygen atoms in total. The van der Waals surface area contributed by atoms with Gasteiger partial charge in [0.25, 0.3) is 0 Å². The van der Waals surface area contributed by atoms with Crippen LogP contribution in [0.1, 0.15) is 38.2 Å². The number of methoxy groups -OCH3 is 1. The third-order valence-corrected chi connectivity index (χ3v) is 3.70. The third-order valence-electron chi connectivity index (χ3n) is 3.70. The molecule has 0 bridgehead atoms. The second kappa shape index (κ2) is 5.11. The Morgan fingerprint density at radius 1 is 1.44 bits per heavy atom. The summed E-state index contributed by atoms with van der Waals surface area (Å²) in [6, 6.07) is 7.97. The highest BCUT2D eigenvalue weighted by molar-refractivity contribution is 5.87. The minimum absolute atomic E-state index is 0.145. The number of fused-ring (bicyclic) bond motifs is 1. The highest BCUT2D eigenvalue weighted by Gasteiger charge is 2.31. The van der Waals surface area contributed by atoms with Gasteiger partial charge in [-0.15, -0.1) is 0 Å². The molecule has 0 radical (unpaired) electrons. The van der Waals surface area contributed by atoms with E-state index in [-0.39, 0.29) is 11.7 Å². The molecule has 1 aliphatic heterocycles. The van der Waals surface area contributed by atoms with Gasteiger partial charge in [-0.05, 0) is 37.8 Å². The van der Waals surface area contributed by atoms with Crippen molar-refractivity contribution in [2.45, 2.75) is 38.2 Å². The highest BCUT2D eigenvalue weighted by atomic mass is 16.5. The lowest BCUT2D eigenvalue weighted by atomic mass is 9.85. The fourth-order valence-electron chi connectivity index (χ4n) is 2.21. The Bertz CT molecular complexity index is 437. The van der Waals surface area contributed by atoms with Crippen LogP contribution in [-0.4, -0.2) is 25.1 Å². The molecule has 0 spiro atoms. The smallest absolute Gasteiger partial charge is 0.164 e. The summed E-state index contributed by atoms with van der Waals surface area (Å²) in [5.74, 6) is 1.31. The van der Waals surface area contributed by atoms with E-state index in [0.29, 0.717) is 13.0 Å². The van der Waals surface area contributed by atoms with Crippen molar-refractivity contribution in [2.75, 3.05) is 13.7 Å². The van der Waals surface area contributed by atoms with E-state index in [0.717, 1.165) is 17.7 Å². The first kappa shape index (κ1) is 13.1. The zero-order valence-corrected chi connectivity index (χ0v) is 11.2. The van der Waals surface area contributed by atoms with Crippen LogP contribution in [0.15, 0.2) is 24.3 Å². The van der Waals surface area contributed by atoms with E-state index < -0.39 is 5.60 Å². The molecule has 1 atom stereocenters. The van der Waals surface area contributed by atoms with Crippen LogP contribution in [-0.2, 0) is 9.53 Å². The van der Waals surface area contributed by atoms with Gasteiger partial charge in [-0.2, -0.15) is 0 Å². The average molecular weight is 248 g/mol. The lowest BCUT2D eigenvalue weighted by Gasteiger charge is -2.28. The number of carbonyl (C=O) groups is 1. The van der Waals surface area contributed by atoms with Crippen LogP contribution in [0.4, 0.5) is 0 Å². The molecule has 0 fully saturated rings. The molecule has 1 heterocycles. The summed E-state index contributed by atoms with van der Waals surface area (Å²) >= 11 is 0. The topological polar surface area (TPSA) is 35.5 Å². The minimum atomic E-state index is -0.701. The lowest BCUT2D eigenvalue weighted by molar-refractivity contribution is -0.137. The summed E-state index contributed by atoms with van der Waals surface area (Å²) in [6.07, 6.45) is 1.41. The summed E-state index contributed by atoms with van der Waals surface area (Å²) in [6.45, 7) is 4.32. The molecule has 0 saturated heterocycles. The van der Waals surface area contributed by atoms with Gasteiger partial charge in [-0.25, -0.2) is 0 Å². The summed E-state index contributed by atoms with van der Waals surface area (Å²) in [5.41, 5.74) is 0.441. The van der Waals surface area contributed by atoms with Crippen LogP contribution in [0.3, 0.4) is 0 Å². The summed E-state index contributed by atoms with van der Waals surface area (Å²) in [4.78, 5) is 12.2. The fraction of sp³-hybridized carbons (Fsp3) is 0.533. The SMILES string of the molecule is COC(C)(C)C(=O)CC1CCOc2ccccc21. The lowest BCUT2D eigenvalue weighted by Crippen LogP contribution is -2.35. The van der Waals surface area contributed by atoms with Crippen molar-refractivity contribution in [3.63, 3.8) is 0 Å². The van der Waals surface area contributed by atoms with Crippen molar-refractivity contribution in [3.05, 3.63) is 29.8 Å². The largest absolute Gasteiger partial charge is 0.493 e. The molecule has 0 aromatic heterocycles. The first-order chi connectivity index (χ1) is 8.54. The molecule has 0 N–H and O–H groups in total. The molecule has 18 heavy (non-hydrogen) atoms. The van der Waals surface area contributed by atoms with E-state index in [2.05, 4.69) is 0 Å². The molecule has 0 amide bonds. The van der Waals surface area contributed by atoms with Crippen molar-refractivity contribution in [2.24, 2.45) is 0 Å². The van der Waals surface area contributed by atoms with Crippen molar-refractivity contribution in [1.82, 2.24) is 0 Å². The maximum Gasteiger partial charge on any atom is 0.164 e. The second-order valence-corrected chi connectivity index (χ2v) is 5.21. The van der Waals surface area contributed by atoms with E-state index in [1.165, 1.54) is 0 Å². The van der Waals surface area contributed by atoms with Gasteiger partial charge in [0.05, 0.1) is 6.61 Å². The number of benzene rings is 1. The number of para-hydroxylation sites is 1. The number of carbonyl (C=O) groups excluding carboxylic acids is 1. The number of hydrogen-bond donors (Lipinski definition) is 0. The zero-order valence-electron chi connectivity index (χ0n) is 11.2. The highest BCUT2D eigenvalue weighted by Crippen LogP contribution is 2.36. The van der Waals surface area contributed by atoms with E-state index in [9.17, 15) is 4.79 Å². The maximum absolute atomic E-state index is 12.2. The van der Waals surface area contributed by atoms with Gasteiger partial charge in [0.15, 0.2) is 5.78 Å². The van der Waals surface area contributed by atoms with E-state index in [1.54, 1.807) is 7.11 Å². The average Bonchev–Trinajstić information content (AvgIpc) is 2.39. The van der Waals surface area contributed by atoms with Gasteiger partial charge in [0.1, 0.15) is 11.4 Å². The van der Waals surface area contributed by atoms with Gasteiger partial charge in [0, 0.05) is 13.5 Å². The third kappa shape index (κ3) is 2.56. The molecule has 1 unspecified atom stereocenters. The summed E-state index contributed by atoms with van der Waals surface area (Å²) < 4.78 is 10.9. The van der Waals surface area contributed by atoms with Gasteiger partial charge in [0.2, 0.25) is 0 Å². The summed E-state index contributed by atoms with van der Waals surface area (Å²) in [7, 11) is 1.58. The van der Waals surface area contributed by atoms with E-state index >= 15 is 0 Å². The number of Topliss-reactive ketones (excluding diaryl/α,β-unsaturated/α-hetero) is 1. The van der Waals surface area contributed by atoms with Crippen molar-refractivity contribution in [1.29, 1.82) is 0 Å². The molecule has 1 aromatic carbocycles. The zero-order chi connectivity index (χ0) is 13.2. The van der Waals surface area contributed by atoms with Crippen LogP contribution in [0.25, 0.3) is 0 Å². The predicted molar refractivity (Wildman–Crippen MR) is 70.0 cm³/mol. The Morgan fingerprint density at radius 2 is 2.17 bits per heavy atom. The first-order valence-electron chi connectivity index (χ1n) is 6.35. The van der Waals surface area contributed by atoms with Crippen LogP contribution < -0.4 is 4.74 Å². The van der Waals surface area contributed by atoms with E-state index in [4.69, 9.17) is 9.47 Å². The molecular formula is C15H20O3. The Morgan fingerprint density at radius 3 is 2.89 bits per heavy atom. The van der Waals surface area contributed by atoms with Gasteiger partial charge in [-0.3, -0.25) is 4.79 Å². The predicted octanol–water partition coefficient (Wildman–Crippen LogP) is 2.94. The quantitative estimate of drug-likeness (QED) is 0.821. The van der Waals surface area contributed by atoms with Crippen molar-refractivity contribution >= 4 is 5.78 Å². The second-order valence-electron chi connectivity index (χ2n) is 5.21. The Labute approximate surface area is 108 Å². The van der Waals surface area contributed by atoms with Crippen LogP contribution in [0, 0.1) is 0 Å². The van der Waals surface area contributed by atoms with Gasteiger partial charge in [-0.1, -0.05) is 18.2 Å². The Balaban J connectivity index is 2.15. The summed E-state index contributed by atoms with van der Waals surface area (Å²) in [5, 5.41) is 0. The minimum Gasteiger partial charge on any atom is -0.493 e. The Hall–Kier alpha value is -1.35. The Kier molecular flexibility index (Phi) is 3.71. The number of hydrogen-bond acceptors (Lipinski definition) is 3. The normalized spacial score (nSPS) is 18.9. The van der Waals surface area contributed by atoms with Crippen LogP contribution in [0.5, 0.6) is 5.75 Å². The molecule has 2 rings (SSSR count). The molecule has 1 aromatic rings. The molecular weight excluding hydrogens is 228 g/mol. The van der Waals surface area contributed by atoms with Crippen LogP contribution in [0.2, 0.25) is 0 Å². The maximum atomic E-state index is 12.2. The number of ketones is 1. The first-order valence-corrected chi connectivity index (χ1v) is 6.35. The van der Waals surface area contributed by atoms with Gasteiger partial charge < -0.3 is 9.47 Å². The monoisotopic (exact) mass is 248 g/mol. The number of rotatable bonds is 4.